The highest BCUT2D eigenvalue weighted by atomic mass is 19.1. The first-order chi connectivity index (χ1) is 8.86. The molecule has 0 bridgehead atoms. The van der Waals surface area contributed by atoms with E-state index in [1.165, 1.54) is 0 Å². The standard InChI is InChI=1S/C15H19F2NO/c1-5-18-8-11-13(15(2,3)4)12-9(16)6-7-10(17)14(12)19-11/h6-7,18H,5,8H2,1-4H3. The van der Waals surface area contributed by atoms with E-state index in [1.807, 2.05) is 27.7 Å². The summed E-state index contributed by atoms with van der Waals surface area (Å²) in [5, 5.41) is 3.40. The number of nitrogens with one attached hydrogen (secondary N) is 1. The third-order valence-corrected chi connectivity index (χ3v) is 3.10. The van der Waals surface area contributed by atoms with Crippen LogP contribution in [0, 0.1) is 11.6 Å². The number of fused-ring (bicyclic) bond motifs is 1. The average molecular weight is 267 g/mol. The Morgan fingerprint density at radius 3 is 2.37 bits per heavy atom. The molecule has 0 aliphatic rings. The number of furan rings is 1. The molecular formula is C15H19F2NO. The Balaban J connectivity index is 2.74. The van der Waals surface area contributed by atoms with Gasteiger partial charge in [-0.15, -0.1) is 0 Å². The zero-order valence-corrected chi connectivity index (χ0v) is 11.7. The lowest BCUT2D eigenvalue weighted by Crippen LogP contribution is -2.18. The average Bonchev–Trinajstić information content (AvgIpc) is 2.71. The monoisotopic (exact) mass is 267 g/mol. The summed E-state index contributed by atoms with van der Waals surface area (Å²) in [6.07, 6.45) is 0. The van der Waals surface area contributed by atoms with Crippen molar-refractivity contribution in [1.29, 1.82) is 0 Å². The molecule has 104 valence electrons. The van der Waals surface area contributed by atoms with Crippen LogP contribution < -0.4 is 5.32 Å². The summed E-state index contributed by atoms with van der Waals surface area (Å²) in [4.78, 5) is 0. The summed E-state index contributed by atoms with van der Waals surface area (Å²) in [5.74, 6) is -0.356. The number of hydrogen-bond acceptors (Lipinski definition) is 2. The molecule has 0 saturated heterocycles. The second-order valence-corrected chi connectivity index (χ2v) is 5.66. The number of hydrogen-bond donors (Lipinski definition) is 1. The Morgan fingerprint density at radius 2 is 1.79 bits per heavy atom. The van der Waals surface area contributed by atoms with Crippen LogP contribution in [-0.4, -0.2) is 6.54 Å². The Morgan fingerprint density at radius 1 is 1.16 bits per heavy atom. The van der Waals surface area contributed by atoms with Crippen LogP contribution in [0.5, 0.6) is 0 Å². The van der Waals surface area contributed by atoms with Crippen molar-refractivity contribution >= 4 is 11.0 Å². The van der Waals surface area contributed by atoms with E-state index in [-0.39, 0.29) is 16.4 Å². The van der Waals surface area contributed by atoms with Crippen LogP contribution in [-0.2, 0) is 12.0 Å². The molecule has 0 aliphatic heterocycles. The zero-order chi connectivity index (χ0) is 14.2. The predicted molar refractivity (Wildman–Crippen MR) is 72.2 cm³/mol. The highest BCUT2D eigenvalue weighted by Gasteiger charge is 2.28. The number of rotatable bonds is 3. The number of benzene rings is 1. The fourth-order valence-electron chi connectivity index (χ4n) is 2.34. The maximum Gasteiger partial charge on any atom is 0.173 e. The van der Waals surface area contributed by atoms with E-state index in [2.05, 4.69) is 5.32 Å². The van der Waals surface area contributed by atoms with Gasteiger partial charge in [-0.05, 0) is 24.1 Å². The minimum atomic E-state index is -0.523. The van der Waals surface area contributed by atoms with E-state index in [9.17, 15) is 8.78 Å². The van der Waals surface area contributed by atoms with E-state index in [0.717, 1.165) is 24.2 Å². The normalized spacial score (nSPS) is 12.3. The van der Waals surface area contributed by atoms with Gasteiger partial charge in [0.25, 0.3) is 0 Å². The van der Waals surface area contributed by atoms with Gasteiger partial charge in [0.2, 0.25) is 0 Å². The first-order valence-electron chi connectivity index (χ1n) is 6.46. The Kier molecular flexibility index (Phi) is 3.63. The SMILES string of the molecule is CCNCc1oc2c(F)ccc(F)c2c1C(C)(C)C. The van der Waals surface area contributed by atoms with Crippen molar-refractivity contribution < 1.29 is 13.2 Å². The zero-order valence-electron chi connectivity index (χ0n) is 11.7. The molecule has 1 N–H and O–H groups in total. The topological polar surface area (TPSA) is 25.2 Å². The molecule has 1 aromatic heterocycles. The molecule has 0 saturated carbocycles. The van der Waals surface area contributed by atoms with Gasteiger partial charge in [0.05, 0.1) is 11.9 Å². The second-order valence-electron chi connectivity index (χ2n) is 5.66. The fraction of sp³-hybridized carbons (Fsp3) is 0.467. The molecule has 0 amide bonds. The van der Waals surface area contributed by atoms with Crippen molar-refractivity contribution in [3.8, 4) is 0 Å². The van der Waals surface area contributed by atoms with Crippen molar-refractivity contribution in [3.05, 3.63) is 35.1 Å². The summed E-state index contributed by atoms with van der Waals surface area (Å²) in [6.45, 7) is 9.12. The highest BCUT2D eigenvalue weighted by molar-refractivity contribution is 5.84. The van der Waals surface area contributed by atoms with Crippen LogP contribution >= 0.6 is 0 Å². The maximum absolute atomic E-state index is 14.0. The van der Waals surface area contributed by atoms with Gasteiger partial charge in [0, 0.05) is 5.56 Å². The minimum Gasteiger partial charge on any atom is -0.456 e. The quantitative estimate of drug-likeness (QED) is 0.905. The van der Waals surface area contributed by atoms with Crippen LogP contribution in [0.1, 0.15) is 39.0 Å². The van der Waals surface area contributed by atoms with Crippen molar-refractivity contribution in [1.82, 2.24) is 5.32 Å². The van der Waals surface area contributed by atoms with Gasteiger partial charge in [0.15, 0.2) is 11.4 Å². The van der Waals surface area contributed by atoms with E-state index >= 15 is 0 Å². The van der Waals surface area contributed by atoms with Crippen molar-refractivity contribution in [2.75, 3.05) is 6.54 Å². The van der Waals surface area contributed by atoms with Crippen molar-refractivity contribution in [2.24, 2.45) is 0 Å². The molecule has 0 spiro atoms. The third kappa shape index (κ3) is 2.50. The summed E-state index contributed by atoms with van der Waals surface area (Å²) in [7, 11) is 0. The maximum atomic E-state index is 14.0. The largest absolute Gasteiger partial charge is 0.456 e. The van der Waals surface area contributed by atoms with Gasteiger partial charge in [-0.25, -0.2) is 8.78 Å². The van der Waals surface area contributed by atoms with Gasteiger partial charge >= 0.3 is 0 Å². The Hall–Kier alpha value is -1.42. The summed E-state index contributed by atoms with van der Waals surface area (Å²) < 4.78 is 33.4. The molecule has 2 rings (SSSR count). The Bertz CT molecular complexity index is 596. The summed E-state index contributed by atoms with van der Waals surface area (Å²) >= 11 is 0. The molecule has 2 nitrogen and oxygen atoms in total. The third-order valence-electron chi connectivity index (χ3n) is 3.10. The van der Waals surface area contributed by atoms with Crippen molar-refractivity contribution in [2.45, 2.75) is 39.7 Å². The van der Waals surface area contributed by atoms with Crippen LogP contribution in [0.2, 0.25) is 0 Å². The molecule has 19 heavy (non-hydrogen) atoms. The lowest BCUT2D eigenvalue weighted by atomic mass is 9.84. The first kappa shape index (κ1) is 14.0. The van der Waals surface area contributed by atoms with Crippen LogP contribution in [0.4, 0.5) is 8.78 Å². The second kappa shape index (κ2) is 4.93. The smallest absolute Gasteiger partial charge is 0.173 e. The van der Waals surface area contributed by atoms with Crippen LogP contribution in [0.3, 0.4) is 0 Å². The Labute approximate surface area is 111 Å². The molecule has 0 radical (unpaired) electrons. The molecule has 0 atom stereocenters. The molecule has 0 aliphatic carbocycles. The molecule has 0 fully saturated rings. The lowest BCUT2D eigenvalue weighted by molar-refractivity contribution is 0.475. The van der Waals surface area contributed by atoms with Crippen LogP contribution in [0.25, 0.3) is 11.0 Å². The molecular weight excluding hydrogens is 248 g/mol. The number of halogens is 2. The van der Waals surface area contributed by atoms with E-state index < -0.39 is 11.6 Å². The van der Waals surface area contributed by atoms with E-state index in [1.54, 1.807) is 0 Å². The van der Waals surface area contributed by atoms with E-state index in [4.69, 9.17) is 4.42 Å². The first-order valence-corrected chi connectivity index (χ1v) is 6.46. The molecule has 0 unspecified atom stereocenters. The predicted octanol–water partition coefficient (Wildman–Crippen LogP) is 4.12. The summed E-state index contributed by atoms with van der Waals surface area (Å²) in [6, 6.07) is 2.25. The molecule has 1 heterocycles. The van der Waals surface area contributed by atoms with Gasteiger partial charge in [-0.2, -0.15) is 0 Å². The summed E-state index contributed by atoms with van der Waals surface area (Å²) in [5.41, 5.74) is 0.434. The van der Waals surface area contributed by atoms with Gasteiger partial charge in [-0.1, -0.05) is 27.7 Å². The lowest BCUT2D eigenvalue weighted by Gasteiger charge is -2.19. The van der Waals surface area contributed by atoms with Gasteiger partial charge < -0.3 is 9.73 Å². The molecule has 2 aromatic rings. The van der Waals surface area contributed by atoms with Gasteiger partial charge in [0.1, 0.15) is 11.6 Å². The molecule has 1 aromatic carbocycles. The minimum absolute atomic E-state index is 0.0119. The molecule has 4 heteroatoms. The van der Waals surface area contributed by atoms with Gasteiger partial charge in [-0.3, -0.25) is 0 Å². The van der Waals surface area contributed by atoms with E-state index in [0.29, 0.717) is 12.3 Å². The van der Waals surface area contributed by atoms with Crippen molar-refractivity contribution in [3.63, 3.8) is 0 Å². The highest BCUT2D eigenvalue weighted by Crippen LogP contribution is 2.37. The fourth-order valence-corrected chi connectivity index (χ4v) is 2.34. The van der Waals surface area contributed by atoms with Crippen LogP contribution in [0.15, 0.2) is 16.5 Å².